The number of nitrogens with one attached hydrogen (secondary N) is 1. The van der Waals surface area contributed by atoms with Crippen LogP contribution in [-0.2, 0) is 7.05 Å². The summed E-state index contributed by atoms with van der Waals surface area (Å²) in [5.41, 5.74) is 0.964. The summed E-state index contributed by atoms with van der Waals surface area (Å²) < 4.78 is 1.25. The smallest absolute Gasteiger partial charge is 0.285 e. The van der Waals surface area contributed by atoms with E-state index in [1.807, 2.05) is 0 Å². The van der Waals surface area contributed by atoms with Crippen molar-refractivity contribution in [2.24, 2.45) is 7.05 Å². The topological polar surface area (TPSA) is 116 Å². The molecule has 0 atom stereocenters. The zero-order valence-electron chi connectivity index (χ0n) is 11.1. The van der Waals surface area contributed by atoms with Gasteiger partial charge in [0.25, 0.3) is 11.6 Å². The number of nitro benzene ring substituents is 1. The molecule has 9 heteroatoms. The molecule has 0 saturated heterocycles. The van der Waals surface area contributed by atoms with Gasteiger partial charge in [0.1, 0.15) is 5.56 Å². The SMILES string of the molecule is Cc1ccc(C(=O)Nc2nnnn2C)c([N+](=O)[O-])c1C. The standard InChI is InChI=1S/C11H12N6O3/c1-6-4-5-8(9(7(6)2)17(19)20)10(18)12-11-13-14-15-16(11)3/h4-5H,1-3H3,(H,12,13,15,18). The number of benzene rings is 1. The fourth-order valence-electron chi connectivity index (χ4n) is 1.72. The third-order valence-corrected chi connectivity index (χ3v) is 2.97. The zero-order valence-corrected chi connectivity index (χ0v) is 11.1. The second-order valence-corrected chi connectivity index (χ2v) is 4.24. The fourth-order valence-corrected chi connectivity index (χ4v) is 1.72. The monoisotopic (exact) mass is 276 g/mol. The second-order valence-electron chi connectivity index (χ2n) is 4.24. The number of aromatic nitrogens is 4. The third-order valence-electron chi connectivity index (χ3n) is 2.97. The highest BCUT2D eigenvalue weighted by Crippen LogP contribution is 2.26. The summed E-state index contributed by atoms with van der Waals surface area (Å²) in [5, 5.41) is 24.1. The van der Waals surface area contributed by atoms with Crippen molar-refractivity contribution in [2.75, 3.05) is 5.32 Å². The number of tetrazole rings is 1. The molecule has 0 spiro atoms. The number of nitrogens with zero attached hydrogens (tertiary/aromatic N) is 5. The average Bonchev–Trinajstić information content (AvgIpc) is 2.77. The Morgan fingerprint density at radius 2 is 2.10 bits per heavy atom. The molecule has 9 nitrogen and oxygen atoms in total. The van der Waals surface area contributed by atoms with E-state index >= 15 is 0 Å². The summed E-state index contributed by atoms with van der Waals surface area (Å²) in [5.74, 6) is -0.514. The average molecular weight is 276 g/mol. The summed E-state index contributed by atoms with van der Waals surface area (Å²) >= 11 is 0. The van der Waals surface area contributed by atoms with Crippen molar-refractivity contribution >= 4 is 17.5 Å². The van der Waals surface area contributed by atoms with Crippen LogP contribution in [0.1, 0.15) is 21.5 Å². The molecule has 2 rings (SSSR count). The lowest BCUT2D eigenvalue weighted by atomic mass is 10.0. The van der Waals surface area contributed by atoms with Gasteiger partial charge >= 0.3 is 0 Å². The van der Waals surface area contributed by atoms with Gasteiger partial charge in [0.05, 0.1) is 4.92 Å². The van der Waals surface area contributed by atoms with Crippen molar-refractivity contribution in [3.8, 4) is 0 Å². The molecule has 0 aliphatic carbocycles. The van der Waals surface area contributed by atoms with Gasteiger partial charge in [0.2, 0.25) is 5.95 Å². The number of amides is 1. The minimum Gasteiger partial charge on any atom is -0.289 e. The molecule has 0 fully saturated rings. The van der Waals surface area contributed by atoms with Gasteiger partial charge in [-0.15, -0.1) is 0 Å². The van der Waals surface area contributed by atoms with Crippen LogP contribution in [-0.4, -0.2) is 31.0 Å². The predicted octanol–water partition coefficient (Wildman–Crippen LogP) is 0.987. The van der Waals surface area contributed by atoms with E-state index in [2.05, 4.69) is 20.8 Å². The number of hydrogen-bond acceptors (Lipinski definition) is 6. The molecule has 1 aromatic carbocycles. The maximum absolute atomic E-state index is 12.1. The lowest BCUT2D eigenvalue weighted by Gasteiger charge is -2.07. The number of carbonyl (C=O) groups excluding carboxylic acids is 1. The van der Waals surface area contributed by atoms with Gasteiger partial charge in [-0.05, 0) is 35.9 Å². The number of rotatable bonds is 3. The molecule has 104 valence electrons. The molecule has 0 unspecified atom stereocenters. The zero-order chi connectivity index (χ0) is 14.9. The molecule has 0 bridgehead atoms. The van der Waals surface area contributed by atoms with Crippen LogP contribution in [0.15, 0.2) is 12.1 Å². The van der Waals surface area contributed by atoms with Crippen LogP contribution in [0.2, 0.25) is 0 Å². The number of anilines is 1. The maximum atomic E-state index is 12.1. The number of aryl methyl sites for hydroxylation is 2. The molecular formula is C11H12N6O3. The first kappa shape index (κ1) is 13.6. The Balaban J connectivity index is 2.42. The van der Waals surface area contributed by atoms with Crippen molar-refractivity contribution in [3.05, 3.63) is 38.9 Å². The van der Waals surface area contributed by atoms with Gasteiger partial charge in [0, 0.05) is 12.6 Å². The van der Waals surface area contributed by atoms with Gasteiger partial charge in [0.15, 0.2) is 0 Å². The molecule has 0 radical (unpaired) electrons. The van der Waals surface area contributed by atoms with Crippen LogP contribution in [0.4, 0.5) is 11.6 Å². The lowest BCUT2D eigenvalue weighted by molar-refractivity contribution is -0.385. The Labute approximate surface area is 113 Å². The molecule has 1 heterocycles. The van der Waals surface area contributed by atoms with Gasteiger partial charge in [-0.2, -0.15) is 0 Å². The minimum atomic E-state index is -0.627. The van der Waals surface area contributed by atoms with E-state index in [0.717, 1.165) is 5.56 Å². The normalized spacial score (nSPS) is 10.3. The Bertz CT molecular complexity index is 693. The highest BCUT2D eigenvalue weighted by atomic mass is 16.6. The molecule has 2 aromatic rings. The highest BCUT2D eigenvalue weighted by molar-refractivity contribution is 6.06. The van der Waals surface area contributed by atoms with Gasteiger partial charge in [-0.25, -0.2) is 4.68 Å². The van der Waals surface area contributed by atoms with E-state index in [1.54, 1.807) is 27.0 Å². The second kappa shape index (κ2) is 5.03. The van der Waals surface area contributed by atoms with Crippen LogP contribution in [0, 0.1) is 24.0 Å². The Morgan fingerprint density at radius 1 is 1.40 bits per heavy atom. The molecule has 0 aliphatic rings. The Morgan fingerprint density at radius 3 is 2.65 bits per heavy atom. The van der Waals surface area contributed by atoms with Crippen molar-refractivity contribution in [1.29, 1.82) is 0 Å². The summed E-state index contributed by atoms with van der Waals surface area (Å²) in [6.07, 6.45) is 0. The van der Waals surface area contributed by atoms with E-state index in [1.165, 1.54) is 10.7 Å². The molecular weight excluding hydrogens is 264 g/mol. The first-order valence-electron chi connectivity index (χ1n) is 5.70. The Kier molecular flexibility index (Phi) is 3.42. The Hall–Kier alpha value is -2.84. The third kappa shape index (κ3) is 2.32. The van der Waals surface area contributed by atoms with Crippen LogP contribution in [0.5, 0.6) is 0 Å². The van der Waals surface area contributed by atoms with Crippen LogP contribution >= 0.6 is 0 Å². The molecule has 1 N–H and O–H groups in total. The quantitative estimate of drug-likeness (QED) is 0.660. The van der Waals surface area contributed by atoms with Gasteiger partial charge < -0.3 is 0 Å². The minimum absolute atomic E-state index is 0.0268. The van der Waals surface area contributed by atoms with Crippen molar-refractivity contribution in [2.45, 2.75) is 13.8 Å². The molecule has 0 saturated carbocycles. The van der Waals surface area contributed by atoms with Gasteiger partial charge in [-0.3, -0.25) is 20.2 Å². The number of nitro groups is 1. The van der Waals surface area contributed by atoms with E-state index in [0.29, 0.717) is 5.56 Å². The van der Waals surface area contributed by atoms with Gasteiger partial charge in [-0.1, -0.05) is 11.2 Å². The number of carbonyl (C=O) groups is 1. The van der Waals surface area contributed by atoms with Crippen LogP contribution < -0.4 is 5.32 Å². The summed E-state index contributed by atoms with van der Waals surface area (Å²) in [7, 11) is 1.55. The first-order chi connectivity index (χ1) is 9.41. The molecule has 1 amide bonds. The maximum Gasteiger partial charge on any atom is 0.285 e. The number of hydrogen-bond donors (Lipinski definition) is 1. The van der Waals surface area contributed by atoms with Crippen molar-refractivity contribution in [1.82, 2.24) is 20.2 Å². The van der Waals surface area contributed by atoms with E-state index in [-0.39, 0.29) is 17.2 Å². The van der Waals surface area contributed by atoms with E-state index < -0.39 is 10.8 Å². The predicted molar refractivity (Wildman–Crippen MR) is 69.3 cm³/mol. The molecule has 0 aliphatic heterocycles. The van der Waals surface area contributed by atoms with E-state index in [4.69, 9.17) is 0 Å². The van der Waals surface area contributed by atoms with Crippen LogP contribution in [0.25, 0.3) is 0 Å². The van der Waals surface area contributed by atoms with Crippen LogP contribution in [0.3, 0.4) is 0 Å². The molecule has 20 heavy (non-hydrogen) atoms. The fraction of sp³-hybridized carbons (Fsp3) is 0.273. The largest absolute Gasteiger partial charge is 0.289 e. The summed E-state index contributed by atoms with van der Waals surface area (Å²) in [6, 6.07) is 3.08. The van der Waals surface area contributed by atoms with Crippen molar-refractivity contribution in [3.63, 3.8) is 0 Å². The summed E-state index contributed by atoms with van der Waals surface area (Å²) in [4.78, 5) is 22.7. The lowest BCUT2D eigenvalue weighted by Crippen LogP contribution is -2.17. The highest BCUT2D eigenvalue weighted by Gasteiger charge is 2.24. The first-order valence-corrected chi connectivity index (χ1v) is 5.70. The summed E-state index contributed by atoms with van der Waals surface area (Å²) in [6.45, 7) is 3.35. The van der Waals surface area contributed by atoms with E-state index in [9.17, 15) is 14.9 Å². The molecule has 1 aromatic heterocycles. The van der Waals surface area contributed by atoms with Crippen molar-refractivity contribution < 1.29 is 9.72 Å².